The third-order valence-electron chi connectivity index (χ3n) is 6.82. The van der Waals surface area contributed by atoms with Gasteiger partial charge in [0.2, 0.25) is 0 Å². The van der Waals surface area contributed by atoms with Crippen LogP contribution in [-0.2, 0) is 14.3 Å². The van der Waals surface area contributed by atoms with Gasteiger partial charge in [-0.25, -0.2) is 19.2 Å². The minimum Gasteiger partial charge on any atom is -0.378 e. The van der Waals surface area contributed by atoms with Gasteiger partial charge in [-0.2, -0.15) is 0 Å². The Labute approximate surface area is 260 Å². The van der Waals surface area contributed by atoms with Crippen molar-refractivity contribution in [2.75, 3.05) is 38.2 Å². The van der Waals surface area contributed by atoms with E-state index in [4.69, 9.17) is 21.1 Å². The molecule has 1 amide bonds. The number of amides is 1. The fourth-order valence-corrected chi connectivity index (χ4v) is 6.70. The molecule has 220 valence electrons. The molecular formula is C30H25ClFN5O4S2. The lowest BCUT2D eigenvalue weighted by atomic mass is 10.1. The van der Waals surface area contributed by atoms with Gasteiger partial charge in [0, 0.05) is 35.1 Å². The lowest BCUT2D eigenvalue weighted by Gasteiger charge is -2.25. The quantitative estimate of drug-likeness (QED) is 0.162. The Morgan fingerprint density at radius 2 is 2.05 bits per heavy atom. The van der Waals surface area contributed by atoms with Gasteiger partial charge in [0.05, 0.1) is 45.3 Å². The van der Waals surface area contributed by atoms with Crippen LogP contribution in [0.5, 0.6) is 0 Å². The summed E-state index contributed by atoms with van der Waals surface area (Å²) in [5.74, 6) is 5.70. The number of nitrogens with zero attached hydrogens (tertiary/aromatic N) is 3. The predicted molar refractivity (Wildman–Crippen MR) is 163 cm³/mol. The summed E-state index contributed by atoms with van der Waals surface area (Å²) in [5.41, 5.74) is 1.49. The van der Waals surface area contributed by atoms with E-state index >= 15 is 0 Å². The number of aromatic nitrogens is 2. The molecule has 9 nitrogen and oxygen atoms in total. The van der Waals surface area contributed by atoms with Gasteiger partial charge in [-0.3, -0.25) is 4.79 Å². The molecule has 2 N–H and O–H groups in total. The van der Waals surface area contributed by atoms with Crippen LogP contribution in [-0.4, -0.2) is 65.8 Å². The van der Waals surface area contributed by atoms with E-state index in [2.05, 4.69) is 32.4 Å². The number of hydrogen-bond acceptors (Lipinski definition) is 10. The molecule has 0 aliphatic carbocycles. The van der Waals surface area contributed by atoms with Gasteiger partial charge in [0.15, 0.2) is 5.82 Å². The number of rotatable bonds is 5. The number of benzene rings is 2. The molecule has 2 aromatic carbocycles. The maximum absolute atomic E-state index is 13.6. The van der Waals surface area contributed by atoms with Crippen molar-refractivity contribution >= 4 is 68.5 Å². The normalized spacial score (nSPS) is 18.2. The lowest BCUT2D eigenvalue weighted by Crippen LogP contribution is -2.42. The summed E-state index contributed by atoms with van der Waals surface area (Å²) in [4.78, 5) is 37.4. The van der Waals surface area contributed by atoms with Crippen LogP contribution in [0.4, 0.5) is 20.7 Å². The summed E-state index contributed by atoms with van der Waals surface area (Å²) >= 11 is 9.38. The first-order valence-electron chi connectivity index (χ1n) is 13.5. The third kappa shape index (κ3) is 7.26. The zero-order valence-corrected chi connectivity index (χ0v) is 25.0. The first-order valence-corrected chi connectivity index (χ1v) is 15.5. The molecular weight excluding hydrogens is 613 g/mol. The first-order chi connectivity index (χ1) is 20.9. The van der Waals surface area contributed by atoms with Crippen LogP contribution in [0.25, 0.3) is 10.2 Å². The molecule has 0 radical (unpaired) electrons. The van der Waals surface area contributed by atoms with Crippen LogP contribution in [0.15, 0.2) is 64.6 Å². The van der Waals surface area contributed by atoms with Gasteiger partial charge in [-0.1, -0.05) is 41.3 Å². The minimum atomic E-state index is -0.625. The van der Waals surface area contributed by atoms with Crippen molar-refractivity contribution in [2.45, 2.75) is 22.3 Å². The number of anilines is 2. The number of carbonyl (C=O) groups excluding carboxylic acids is 2. The second-order valence-corrected chi connectivity index (χ2v) is 12.4. The summed E-state index contributed by atoms with van der Waals surface area (Å²) in [6.07, 6.45) is 1.31. The highest BCUT2D eigenvalue weighted by Gasteiger charge is 2.32. The Balaban J connectivity index is 1.09. The molecule has 4 aromatic rings. The largest absolute Gasteiger partial charge is 0.417 e. The number of morpholine rings is 1. The van der Waals surface area contributed by atoms with E-state index in [1.165, 1.54) is 46.5 Å². The fraction of sp³-hybridized carbons (Fsp3) is 0.267. The number of ether oxygens (including phenoxy) is 2. The van der Waals surface area contributed by atoms with Crippen molar-refractivity contribution in [1.29, 1.82) is 0 Å². The van der Waals surface area contributed by atoms with Crippen LogP contribution in [0.2, 0.25) is 5.02 Å². The van der Waals surface area contributed by atoms with Crippen molar-refractivity contribution in [1.82, 2.24) is 20.2 Å². The van der Waals surface area contributed by atoms with Crippen molar-refractivity contribution in [2.24, 2.45) is 5.92 Å². The monoisotopic (exact) mass is 637 g/mol. The van der Waals surface area contributed by atoms with Crippen LogP contribution in [0, 0.1) is 23.6 Å². The number of esters is 1. The highest BCUT2D eigenvalue weighted by atomic mass is 35.5. The van der Waals surface area contributed by atoms with Gasteiger partial charge >= 0.3 is 12.1 Å². The highest BCUT2D eigenvalue weighted by molar-refractivity contribution is 7.99. The molecule has 2 saturated heterocycles. The predicted octanol–water partition coefficient (Wildman–Crippen LogP) is 5.70. The highest BCUT2D eigenvalue weighted by Crippen LogP contribution is 2.37. The van der Waals surface area contributed by atoms with E-state index in [1.54, 1.807) is 12.1 Å². The Morgan fingerprint density at radius 3 is 2.86 bits per heavy atom. The summed E-state index contributed by atoms with van der Waals surface area (Å²) in [5, 5.41) is 7.07. The SMILES string of the molecule is O=C(OC(=O)N1CCOCC1)[C@H]1CN[C@H](C#Cc2cc3ncnc(Nc4ccc(Sc5cccc(F)c5)c(Cl)c4)c3s2)C1. The van der Waals surface area contributed by atoms with Crippen molar-refractivity contribution in [3.05, 3.63) is 70.6 Å². The van der Waals surface area contributed by atoms with Gasteiger partial charge < -0.3 is 25.0 Å². The molecule has 0 unspecified atom stereocenters. The Bertz CT molecular complexity index is 1740. The van der Waals surface area contributed by atoms with E-state index in [9.17, 15) is 14.0 Å². The molecule has 43 heavy (non-hydrogen) atoms. The molecule has 0 bridgehead atoms. The fourth-order valence-electron chi connectivity index (χ4n) is 4.62. The van der Waals surface area contributed by atoms with E-state index in [1.807, 2.05) is 24.3 Å². The zero-order valence-electron chi connectivity index (χ0n) is 22.6. The molecule has 2 aliphatic heterocycles. The Kier molecular flexibility index (Phi) is 9.06. The topological polar surface area (TPSA) is 106 Å². The van der Waals surface area contributed by atoms with E-state index in [-0.39, 0.29) is 11.9 Å². The van der Waals surface area contributed by atoms with Crippen LogP contribution >= 0.6 is 34.7 Å². The molecule has 2 atom stereocenters. The van der Waals surface area contributed by atoms with Crippen LogP contribution in [0.1, 0.15) is 11.3 Å². The molecule has 2 fully saturated rings. The van der Waals surface area contributed by atoms with Crippen molar-refractivity contribution in [3.8, 4) is 11.8 Å². The number of nitrogens with one attached hydrogen (secondary N) is 2. The number of halogens is 2. The average molecular weight is 638 g/mol. The number of carbonyl (C=O) groups is 2. The summed E-state index contributed by atoms with van der Waals surface area (Å²) in [7, 11) is 0. The second-order valence-electron chi connectivity index (χ2n) is 9.83. The smallest absolute Gasteiger partial charge is 0.378 e. The molecule has 0 spiro atoms. The van der Waals surface area contributed by atoms with E-state index in [0.717, 1.165) is 30.6 Å². The minimum absolute atomic E-state index is 0.212. The van der Waals surface area contributed by atoms with E-state index < -0.39 is 18.0 Å². The lowest BCUT2D eigenvalue weighted by molar-refractivity contribution is -0.142. The van der Waals surface area contributed by atoms with Crippen molar-refractivity contribution < 1.29 is 23.5 Å². The summed E-state index contributed by atoms with van der Waals surface area (Å²) in [6, 6.07) is 13.6. The second kappa shape index (κ2) is 13.3. The number of hydrogen-bond donors (Lipinski definition) is 2. The molecule has 2 aromatic heterocycles. The molecule has 2 aliphatic rings. The summed E-state index contributed by atoms with van der Waals surface area (Å²) < 4.78 is 24.7. The first kappa shape index (κ1) is 29.3. The van der Waals surface area contributed by atoms with Gasteiger partial charge in [-0.15, -0.1) is 11.3 Å². The molecule has 4 heterocycles. The summed E-state index contributed by atoms with van der Waals surface area (Å²) in [6.45, 7) is 2.09. The average Bonchev–Trinajstić information content (AvgIpc) is 3.66. The van der Waals surface area contributed by atoms with Gasteiger partial charge in [0.1, 0.15) is 12.1 Å². The number of fused-ring (bicyclic) bond motifs is 1. The van der Waals surface area contributed by atoms with Gasteiger partial charge in [-0.05, 0) is 48.9 Å². The Morgan fingerprint density at radius 1 is 1.19 bits per heavy atom. The van der Waals surface area contributed by atoms with Crippen molar-refractivity contribution in [3.63, 3.8) is 0 Å². The van der Waals surface area contributed by atoms with Crippen LogP contribution in [0.3, 0.4) is 0 Å². The maximum atomic E-state index is 13.6. The van der Waals surface area contributed by atoms with Gasteiger partial charge in [0.25, 0.3) is 0 Å². The zero-order chi connectivity index (χ0) is 29.8. The standard InChI is InChI=1S/C30H25ClFN5O4S2/c31-24-14-21(5-7-26(24)42-22-3-1-2-19(32)13-22)36-28-27-25(34-17-35-28)15-23(43-27)6-4-20-12-18(16-33-20)29(38)41-30(39)37-8-10-40-11-9-37/h1-3,5,7,13-15,17-18,20,33H,8-12,16H2,(H,34,35,36)/t18-,20-/m1/s1. The molecule has 0 saturated carbocycles. The third-order valence-corrected chi connectivity index (χ3v) is 9.36. The van der Waals surface area contributed by atoms with Crippen LogP contribution < -0.4 is 10.6 Å². The van der Waals surface area contributed by atoms with E-state index in [0.29, 0.717) is 50.1 Å². The Hall–Kier alpha value is -3.73. The molecule has 13 heteroatoms. The number of thiophene rings is 1. The maximum Gasteiger partial charge on any atom is 0.417 e. The molecule has 6 rings (SSSR count).